The van der Waals surface area contributed by atoms with Crippen molar-refractivity contribution in [3.05, 3.63) is 36.0 Å². The van der Waals surface area contributed by atoms with Crippen LogP contribution in [0.3, 0.4) is 0 Å². The molecule has 0 saturated carbocycles. The van der Waals surface area contributed by atoms with Crippen molar-refractivity contribution in [2.75, 3.05) is 29.8 Å². The first-order chi connectivity index (χ1) is 17.7. The highest BCUT2D eigenvalue weighted by Gasteiger charge is 2.30. The molecule has 3 amide bonds. The Morgan fingerprint density at radius 3 is 2.19 bits per heavy atom. The Labute approximate surface area is 230 Å². The molecule has 204 valence electrons. The summed E-state index contributed by atoms with van der Waals surface area (Å²) in [5, 5.41) is 18.1. The number of nitrogens with two attached hydrogens (primary N) is 1. The van der Waals surface area contributed by atoms with Crippen LogP contribution in [0.15, 0.2) is 30.5 Å². The van der Waals surface area contributed by atoms with Gasteiger partial charge in [0.25, 0.3) is 0 Å². The molecule has 0 aliphatic heterocycles. The number of hydrogen-bond donors (Lipinski definition) is 7. The van der Waals surface area contributed by atoms with Gasteiger partial charge in [-0.15, -0.1) is 0 Å². The Kier molecular flexibility index (Phi) is 13.2. The Bertz CT molecular complexity index is 1070. The third kappa shape index (κ3) is 9.47. The zero-order valence-corrected chi connectivity index (χ0v) is 23.4. The number of fused-ring (bicyclic) bond motifs is 1. The highest BCUT2D eigenvalue weighted by molar-refractivity contribution is 7.98. The third-order valence-corrected chi connectivity index (χ3v) is 7.40. The maximum atomic E-state index is 13.3. The van der Waals surface area contributed by atoms with E-state index >= 15 is 0 Å². The SMILES string of the molecule is CSCCC(N)C(=O)NC(Cc1c[nH]c2ccccc12)C(=O)NC(CS)C(=O)NC(CCSC)C(=O)O. The molecule has 0 spiro atoms. The highest BCUT2D eigenvalue weighted by Crippen LogP contribution is 2.19. The van der Waals surface area contributed by atoms with Crippen LogP contribution in [0.25, 0.3) is 10.9 Å². The first kappa shape index (κ1) is 30.9. The number of carbonyl (C=O) groups excluding carboxylic acids is 3. The van der Waals surface area contributed by atoms with Gasteiger partial charge < -0.3 is 31.8 Å². The topological polar surface area (TPSA) is 166 Å². The minimum atomic E-state index is -1.16. The van der Waals surface area contributed by atoms with E-state index in [0.29, 0.717) is 17.9 Å². The second-order valence-corrected chi connectivity index (χ2v) is 10.8. The van der Waals surface area contributed by atoms with E-state index in [0.717, 1.165) is 16.5 Å². The number of para-hydroxylation sites is 1. The van der Waals surface area contributed by atoms with Crippen molar-refractivity contribution >= 4 is 70.7 Å². The monoisotopic (exact) mass is 569 g/mol. The van der Waals surface area contributed by atoms with Crippen LogP contribution in [0, 0.1) is 0 Å². The number of thiol groups is 1. The van der Waals surface area contributed by atoms with Crippen molar-refractivity contribution in [3.63, 3.8) is 0 Å². The van der Waals surface area contributed by atoms with Crippen molar-refractivity contribution in [2.45, 2.75) is 43.4 Å². The quantitative estimate of drug-likeness (QED) is 0.147. The highest BCUT2D eigenvalue weighted by atomic mass is 32.2. The summed E-state index contributed by atoms with van der Waals surface area (Å²) in [6.07, 6.45) is 6.37. The summed E-state index contributed by atoms with van der Waals surface area (Å²) in [6.45, 7) is 0. The summed E-state index contributed by atoms with van der Waals surface area (Å²) in [7, 11) is 0. The second kappa shape index (κ2) is 15.8. The normalized spacial score (nSPS) is 14.4. The van der Waals surface area contributed by atoms with Gasteiger partial charge in [-0.3, -0.25) is 14.4 Å². The molecule has 10 nitrogen and oxygen atoms in total. The van der Waals surface area contributed by atoms with Crippen LogP contribution in [0.1, 0.15) is 18.4 Å². The van der Waals surface area contributed by atoms with Crippen molar-refractivity contribution in [1.82, 2.24) is 20.9 Å². The molecule has 37 heavy (non-hydrogen) atoms. The minimum Gasteiger partial charge on any atom is -0.480 e. The molecule has 4 unspecified atom stereocenters. The van der Waals surface area contributed by atoms with Crippen molar-refractivity contribution in [1.29, 1.82) is 0 Å². The fourth-order valence-corrected chi connectivity index (χ4v) is 4.83. The molecule has 0 aliphatic carbocycles. The number of carboxylic acids is 1. The van der Waals surface area contributed by atoms with E-state index in [1.807, 2.05) is 36.8 Å². The number of thioether (sulfide) groups is 2. The first-order valence-corrected chi connectivity index (χ1v) is 15.2. The van der Waals surface area contributed by atoms with Gasteiger partial charge in [0.2, 0.25) is 17.7 Å². The summed E-state index contributed by atoms with van der Waals surface area (Å²) in [5.74, 6) is -1.71. The number of carbonyl (C=O) groups is 4. The van der Waals surface area contributed by atoms with Gasteiger partial charge in [0.15, 0.2) is 0 Å². The number of amides is 3. The van der Waals surface area contributed by atoms with Crippen LogP contribution in [0.5, 0.6) is 0 Å². The lowest BCUT2D eigenvalue weighted by atomic mass is 10.0. The lowest BCUT2D eigenvalue weighted by Crippen LogP contribution is -2.58. The standard InChI is InChI=1S/C24H35N5O5S3/c1-36-9-7-16(25)21(30)28-19(11-14-12-26-17-6-4-3-5-15(14)17)22(31)29-20(13-35)23(32)27-18(24(33)34)8-10-37-2/h3-6,12,16,18-20,26,35H,7-11,13,25H2,1-2H3,(H,27,32)(H,28,30)(H,29,31)(H,33,34). The average Bonchev–Trinajstić information content (AvgIpc) is 3.29. The Hall–Kier alpha value is -2.35. The number of rotatable bonds is 16. The molecular formula is C24H35N5O5S3. The van der Waals surface area contributed by atoms with Crippen molar-refractivity contribution in [2.24, 2.45) is 5.73 Å². The number of hydrogen-bond acceptors (Lipinski definition) is 8. The maximum Gasteiger partial charge on any atom is 0.326 e. The molecule has 0 radical (unpaired) electrons. The molecule has 0 fully saturated rings. The van der Waals surface area contributed by atoms with E-state index in [4.69, 9.17) is 5.73 Å². The number of aromatic amines is 1. The zero-order chi connectivity index (χ0) is 27.4. The molecule has 7 N–H and O–H groups in total. The lowest BCUT2D eigenvalue weighted by molar-refractivity contribution is -0.142. The van der Waals surface area contributed by atoms with E-state index in [1.165, 1.54) is 11.8 Å². The molecule has 1 aromatic carbocycles. The van der Waals surface area contributed by atoms with Crippen molar-refractivity contribution < 1.29 is 24.3 Å². The van der Waals surface area contributed by atoms with Crippen LogP contribution >= 0.6 is 36.2 Å². The number of H-pyrrole nitrogens is 1. The summed E-state index contributed by atoms with van der Waals surface area (Å²) < 4.78 is 0. The maximum absolute atomic E-state index is 13.3. The van der Waals surface area contributed by atoms with Crippen LogP contribution in [0.2, 0.25) is 0 Å². The fourth-order valence-electron chi connectivity index (χ4n) is 3.62. The molecule has 13 heteroatoms. The predicted octanol–water partition coefficient (Wildman–Crippen LogP) is 1.01. The van der Waals surface area contributed by atoms with Gasteiger partial charge in [-0.05, 0) is 48.5 Å². The fraction of sp³-hybridized carbons (Fsp3) is 0.500. The average molecular weight is 570 g/mol. The molecular weight excluding hydrogens is 534 g/mol. The van der Waals surface area contributed by atoms with Crippen molar-refractivity contribution in [3.8, 4) is 0 Å². The summed E-state index contributed by atoms with van der Waals surface area (Å²) >= 11 is 7.21. The van der Waals surface area contributed by atoms with Gasteiger partial charge in [-0.1, -0.05) is 18.2 Å². The van der Waals surface area contributed by atoms with Crippen LogP contribution in [-0.2, 0) is 25.6 Å². The zero-order valence-electron chi connectivity index (χ0n) is 20.9. The van der Waals surface area contributed by atoms with Gasteiger partial charge in [-0.25, -0.2) is 4.79 Å². The molecule has 4 atom stereocenters. The Morgan fingerprint density at radius 1 is 0.946 bits per heavy atom. The molecule has 2 rings (SSSR count). The molecule has 2 aromatic rings. The van der Waals surface area contributed by atoms with Crippen LogP contribution in [-0.4, -0.2) is 87.7 Å². The molecule has 1 heterocycles. The van der Waals surface area contributed by atoms with Gasteiger partial charge in [-0.2, -0.15) is 36.2 Å². The van der Waals surface area contributed by atoms with Crippen LogP contribution < -0.4 is 21.7 Å². The molecule has 0 saturated heterocycles. The predicted molar refractivity (Wildman–Crippen MR) is 153 cm³/mol. The number of aromatic nitrogens is 1. The summed E-state index contributed by atoms with van der Waals surface area (Å²) in [6, 6.07) is 3.59. The van der Waals surface area contributed by atoms with Gasteiger partial charge >= 0.3 is 5.97 Å². The van der Waals surface area contributed by atoms with E-state index < -0.39 is 47.9 Å². The van der Waals surface area contributed by atoms with Gasteiger partial charge in [0.1, 0.15) is 18.1 Å². The molecule has 0 bridgehead atoms. The Balaban J connectivity index is 2.20. The number of carboxylic acid groups (broad SMARTS) is 1. The third-order valence-electron chi connectivity index (χ3n) is 5.74. The number of aliphatic carboxylic acids is 1. The summed E-state index contributed by atoms with van der Waals surface area (Å²) in [4.78, 5) is 53.6. The van der Waals surface area contributed by atoms with Gasteiger partial charge in [0, 0.05) is 29.3 Å². The van der Waals surface area contributed by atoms with E-state index in [-0.39, 0.29) is 18.6 Å². The van der Waals surface area contributed by atoms with E-state index in [1.54, 1.807) is 18.0 Å². The van der Waals surface area contributed by atoms with E-state index in [9.17, 15) is 24.3 Å². The lowest BCUT2D eigenvalue weighted by Gasteiger charge is -2.24. The van der Waals surface area contributed by atoms with Crippen LogP contribution in [0.4, 0.5) is 0 Å². The molecule has 1 aromatic heterocycles. The molecule has 0 aliphatic rings. The van der Waals surface area contributed by atoms with Gasteiger partial charge in [0.05, 0.1) is 6.04 Å². The first-order valence-electron chi connectivity index (χ1n) is 11.7. The summed E-state index contributed by atoms with van der Waals surface area (Å²) in [5.41, 5.74) is 7.71. The number of nitrogens with one attached hydrogen (secondary N) is 4. The largest absolute Gasteiger partial charge is 0.480 e. The second-order valence-electron chi connectivity index (χ2n) is 8.44. The Morgan fingerprint density at radius 2 is 1.54 bits per heavy atom. The smallest absolute Gasteiger partial charge is 0.326 e. The minimum absolute atomic E-state index is 0.0621. The van der Waals surface area contributed by atoms with E-state index in [2.05, 4.69) is 33.6 Å². The number of benzene rings is 1.